The van der Waals surface area contributed by atoms with Gasteiger partial charge < -0.3 is 19.7 Å². The van der Waals surface area contributed by atoms with Crippen LogP contribution < -0.4 is 19.7 Å². The van der Waals surface area contributed by atoms with Gasteiger partial charge in [0.15, 0.2) is 0 Å². The van der Waals surface area contributed by atoms with Crippen LogP contribution in [0.2, 0.25) is 5.02 Å². The fraction of sp³-hybridized carbons (Fsp3) is 0.529. The van der Waals surface area contributed by atoms with Crippen molar-refractivity contribution in [1.82, 2.24) is 10.0 Å². The molecule has 2 aliphatic heterocycles. The van der Waals surface area contributed by atoms with Gasteiger partial charge in [-0.2, -0.15) is 0 Å². The van der Waals surface area contributed by atoms with Gasteiger partial charge in [-0.15, -0.1) is 4.36 Å². The minimum Gasteiger partial charge on any atom is -0.491 e. The first-order valence-corrected chi connectivity index (χ1v) is 18.1. The van der Waals surface area contributed by atoms with Crippen LogP contribution in [-0.2, 0) is 27.6 Å². The number of benzene rings is 2. The maximum Gasteiger partial charge on any atom is 0.327 e. The van der Waals surface area contributed by atoms with E-state index in [0.717, 1.165) is 49.4 Å². The average Bonchev–Trinajstić information content (AvgIpc) is 3.00. The van der Waals surface area contributed by atoms with Crippen LogP contribution in [0.15, 0.2) is 52.9 Å². The molecule has 0 radical (unpaired) electrons. The number of anilines is 1. The lowest BCUT2D eigenvalue weighted by Gasteiger charge is -2.43. The zero-order valence-corrected chi connectivity index (χ0v) is 28.0. The number of carbonyl (C=O) groups is 2. The molecule has 0 saturated heterocycles. The first kappa shape index (κ1) is 33.3. The lowest BCUT2D eigenvalue weighted by molar-refractivity contribution is 0.0134. The molecule has 1 unspecified atom stereocenters. The molecular formula is C34H45ClN4O5S. The summed E-state index contributed by atoms with van der Waals surface area (Å²) in [5.74, 6) is 0.819. The molecule has 2 aromatic rings. The van der Waals surface area contributed by atoms with Crippen molar-refractivity contribution in [2.75, 3.05) is 30.9 Å². The first-order valence-electron chi connectivity index (χ1n) is 16.0. The van der Waals surface area contributed by atoms with Gasteiger partial charge in [-0.05, 0) is 112 Å². The van der Waals surface area contributed by atoms with Crippen LogP contribution in [0, 0.1) is 11.8 Å². The third-order valence-electron chi connectivity index (χ3n) is 8.82. The number of aryl methyl sites for hydroxylation is 1. The normalized spacial score (nSPS) is 26.6. The van der Waals surface area contributed by atoms with Crippen LogP contribution in [0.4, 0.5) is 10.5 Å². The Morgan fingerprint density at radius 1 is 1.13 bits per heavy atom. The Labute approximate surface area is 272 Å². The molecule has 5 rings (SSSR count). The molecule has 2 bridgehead atoms. The SMILES string of the molecule is CO[C@H]1/C=C/CCCS(=O)(NC(=O)NC(C)C)=NC(=O)c2ccc3c(c2)N(Cc2ccc(Cl)cc2CCCCO3)C[C@@H]2CC[C@H]21. The fourth-order valence-corrected chi connectivity index (χ4v) is 8.07. The number of hydrogen-bond donors (Lipinski definition) is 2. The summed E-state index contributed by atoms with van der Waals surface area (Å²) in [5.41, 5.74) is 3.48. The van der Waals surface area contributed by atoms with Gasteiger partial charge >= 0.3 is 6.03 Å². The van der Waals surface area contributed by atoms with Gasteiger partial charge in [0, 0.05) is 36.8 Å². The van der Waals surface area contributed by atoms with Crippen molar-refractivity contribution in [1.29, 1.82) is 0 Å². The van der Waals surface area contributed by atoms with E-state index in [1.165, 1.54) is 11.1 Å². The topological polar surface area (TPSA) is 109 Å². The number of ether oxygens (including phenoxy) is 2. The van der Waals surface area contributed by atoms with Crippen LogP contribution in [0.3, 0.4) is 0 Å². The third kappa shape index (κ3) is 8.60. The molecule has 1 aliphatic carbocycles. The molecule has 0 spiro atoms. The van der Waals surface area contributed by atoms with Gasteiger partial charge in [0.2, 0.25) is 0 Å². The lowest BCUT2D eigenvalue weighted by atomic mass is 9.70. The molecule has 1 fully saturated rings. The Balaban J connectivity index is 1.60. The number of carbonyl (C=O) groups excluding carboxylic acids is 2. The Morgan fingerprint density at radius 3 is 2.73 bits per heavy atom. The fourth-order valence-electron chi connectivity index (χ4n) is 6.36. The number of methoxy groups -OCH3 is 1. The van der Waals surface area contributed by atoms with E-state index in [4.69, 9.17) is 21.1 Å². The van der Waals surface area contributed by atoms with E-state index in [-0.39, 0.29) is 17.9 Å². The molecule has 1 saturated carbocycles. The number of nitrogens with zero attached hydrogens (tertiary/aromatic N) is 2. The van der Waals surface area contributed by atoms with Gasteiger partial charge in [-0.25, -0.2) is 9.00 Å². The van der Waals surface area contributed by atoms with Gasteiger partial charge in [0.25, 0.3) is 5.91 Å². The van der Waals surface area contributed by atoms with E-state index in [2.05, 4.69) is 37.5 Å². The summed E-state index contributed by atoms with van der Waals surface area (Å²) in [6.45, 7) is 5.52. The number of fused-ring (bicyclic) bond motifs is 3. The van der Waals surface area contributed by atoms with Crippen LogP contribution in [0.1, 0.15) is 73.9 Å². The second kappa shape index (κ2) is 15.0. The number of amides is 3. The molecule has 3 amide bonds. The summed E-state index contributed by atoms with van der Waals surface area (Å²) in [6, 6.07) is 10.6. The maximum atomic E-state index is 14.0. The summed E-state index contributed by atoms with van der Waals surface area (Å²) in [7, 11) is -1.65. The quantitative estimate of drug-likeness (QED) is 0.357. The first-order chi connectivity index (χ1) is 21.6. The minimum atomic E-state index is -3.40. The van der Waals surface area contributed by atoms with E-state index < -0.39 is 21.9 Å². The average molecular weight is 657 g/mol. The smallest absolute Gasteiger partial charge is 0.327 e. The van der Waals surface area contributed by atoms with E-state index in [1.807, 2.05) is 32.1 Å². The number of urea groups is 1. The summed E-state index contributed by atoms with van der Waals surface area (Å²) in [4.78, 5) is 28.6. The highest BCUT2D eigenvalue weighted by Gasteiger charge is 2.38. The minimum absolute atomic E-state index is 0.0395. The number of halogens is 1. The predicted molar refractivity (Wildman–Crippen MR) is 179 cm³/mol. The number of allylic oxidation sites excluding steroid dienone is 1. The molecular weight excluding hydrogens is 612 g/mol. The van der Waals surface area contributed by atoms with E-state index >= 15 is 0 Å². The van der Waals surface area contributed by atoms with E-state index in [9.17, 15) is 13.8 Å². The second-order valence-corrected chi connectivity index (χ2v) is 15.0. The molecule has 0 aromatic heterocycles. The number of rotatable bonds is 3. The highest BCUT2D eigenvalue weighted by molar-refractivity contribution is 7.92. The van der Waals surface area contributed by atoms with Crippen molar-refractivity contribution in [2.24, 2.45) is 16.2 Å². The van der Waals surface area contributed by atoms with Crippen molar-refractivity contribution in [3.63, 3.8) is 0 Å². The van der Waals surface area contributed by atoms with Crippen molar-refractivity contribution in [2.45, 2.75) is 77.5 Å². The number of hydrogen-bond acceptors (Lipinski definition) is 6. The van der Waals surface area contributed by atoms with Crippen molar-refractivity contribution >= 4 is 39.1 Å². The molecule has 45 heavy (non-hydrogen) atoms. The monoisotopic (exact) mass is 656 g/mol. The standard InChI is InChI=1S/C34H45ClN4O5S/c1-23(2)36-34(41)38-45(42)18-8-4-5-10-31(43-3)29-15-12-27(29)22-39-21-26-11-14-28(35)19-24(26)9-6-7-17-44-32-16-13-25(20-30(32)39)33(40)37-45/h5,10-11,13-14,16,19-20,23,27,29,31H,4,6-9,12,15,17-18,21-22H2,1-3H3,(H2,36,37,38,40,41,42)/b10-5+/t27-,29+,31-,45?/m0/s1. The van der Waals surface area contributed by atoms with Crippen molar-refractivity contribution in [3.05, 3.63) is 70.3 Å². The molecule has 3 aliphatic rings. The Kier molecular flexibility index (Phi) is 11.1. The Morgan fingerprint density at radius 2 is 1.98 bits per heavy atom. The van der Waals surface area contributed by atoms with E-state index in [1.54, 1.807) is 19.2 Å². The molecule has 2 aromatic carbocycles. The summed E-state index contributed by atoms with van der Waals surface area (Å²) < 4.78 is 32.9. The van der Waals surface area contributed by atoms with Crippen LogP contribution in [0.25, 0.3) is 0 Å². The molecule has 2 N–H and O–H groups in total. The zero-order valence-electron chi connectivity index (χ0n) is 26.4. The molecule has 11 heteroatoms. The van der Waals surface area contributed by atoms with Crippen LogP contribution in [0.5, 0.6) is 5.75 Å². The zero-order chi connectivity index (χ0) is 32.0. The van der Waals surface area contributed by atoms with Crippen molar-refractivity contribution in [3.8, 4) is 5.75 Å². The van der Waals surface area contributed by atoms with E-state index in [0.29, 0.717) is 49.1 Å². The van der Waals surface area contributed by atoms with Crippen LogP contribution >= 0.6 is 11.6 Å². The summed E-state index contributed by atoms with van der Waals surface area (Å²) >= 11 is 6.43. The molecule has 4 atom stereocenters. The van der Waals surface area contributed by atoms with Gasteiger partial charge in [-0.3, -0.25) is 9.52 Å². The molecule has 244 valence electrons. The maximum absolute atomic E-state index is 14.0. The highest BCUT2D eigenvalue weighted by atomic mass is 35.5. The highest BCUT2D eigenvalue weighted by Crippen LogP contribution is 2.42. The summed E-state index contributed by atoms with van der Waals surface area (Å²) in [5, 5.41) is 3.41. The Hall–Kier alpha value is -3.08. The number of nitrogens with one attached hydrogen (secondary N) is 2. The molecule has 9 nitrogen and oxygen atoms in total. The van der Waals surface area contributed by atoms with Gasteiger partial charge in [-0.1, -0.05) is 29.8 Å². The van der Waals surface area contributed by atoms with Crippen molar-refractivity contribution < 1.29 is 23.3 Å². The molecule has 2 heterocycles. The largest absolute Gasteiger partial charge is 0.491 e. The Bertz CT molecular complexity index is 1540. The predicted octanol–water partition coefficient (Wildman–Crippen LogP) is 6.68. The van der Waals surface area contributed by atoms with Gasteiger partial charge in [0.05, 0.1) is 24.2 Å². The lowest BCUT2D eigenvalue weighted by Crippen LogP contribution is -2.43. The second-order valence-electron chi connectivity index (χ2n) is 12.5. The third-order valence-corrected chi connectivity index (χ3v) is 10.9. The van der Waals surface area contributed by atoms with Gasteiger partial charge in [0.1, 0.15) is 15.7 Å². The summed E-state index contributed by atoms with van der Waals surface area (Å²) in [6.07, 6.45) is 10.1. The van der Waals surface area contributed by atoms with Crippen LogP contribution in [-0.4, -0.2) is 54.3 Å².